The van der Waals surface area contributed by atoms with E-state index in [1.54, 1.807) is 0 Å². The molecule has 0 aromatic carbocycles. The van der Waals surface area contributed by atoms with Gasteiger partial charge in [-0.3, -0.25) is 0 Å². The predicted octanol–water partition coefficient (Wildman–Crippen LogP) is 2.56. The van der Waals surface area contributed by atoms with Gasteiger partial charge < -0.3 is 0 Å². The van der Waals surface area contributed by atoms with Crippen molar-refractivity contribution in [2.45, 2.75) is 25.7 Å². The molecule has 0 N–H and O–H groups in total. The molecule has 0 fully saturated rings. The Labute approximate surface area is 73.5 Å². The van der Waals surface area contributed by atoms with Gasteiger partial charge in [-0.25, -0.2) is 0 Å². The molecule has 3 heteroatoms. The minimum absolute atomic E-state index is 0.972. The van der Waals surface area contributed by atoms with Gasteiger partial charge in [-0.05, 0) is 25.7 Å². The van der Waals surface area contributed by atoms with Crippen LogP contribution in [0.3, 0.4) is 0 Å². The van der Waals surface area contributed by atoms with Crippen LogP contribution in [0, 0.1) is 0 Å². The van der Waals surface area contributed by atoms with E-state index < -0.39 is 17.8 Å². The van der Waals surface area contributed by atoms with Crippen molar-refractivity contribution in [3.05, 3.63) is 23.1 Å². The van der Waals surface area contributed by atoms with Crippen LogP contribution in [0.25, 0.3) is 0 Å². The third kappa shape index (κ3) is 9.79. The number of allylic oxidation sites excluding steroid dienone is 2. The summed E-state index contributed by atoms with van der Waals surface area (Å²) in [6, 6.07) is 0. The third-order valence-corrected chi connectivity index (χ3v) is 1.85. The van der Waals surface area contributed by atoms with Crippen LogP contribution < -0.4 is 0 Å². The van der Waals surface area contributed by atoms with Crippen molar-refractivity contribution in [2.75, 3.05) is 0 Å². The molecule has 0 aliphatic heterocycles. The van der Waals surface area contributed by atoms with Crippen LogP contribution >= 0.6 is 0 Å². The molecule has 0 saturated carbocycles. The van der Waals surface area contributed by atoms with Crippen molar-refractivity contribution >= 4 is 0 Å². The fourth-order valence-electron chi connectivity index (χ4n) is 0.760. The predicted molar refractivity (Wildman–Crippen MR) is 39.2 cm³/mol. The van der Waals surface area contributed by atoms with Gasteiger partial charge in [-0.1, -0.05) is 12.2 Å². The first-order valence-corrected chi connectivity index (χ1v) is 5.93. The molecule has 1 aliphatic rings. The Kier molecular flexibility index (Phi) is 7.75. The average molecular weight is 189 g/mol. The van der Waals surface area contributed by atoms with Gasteiger partial charge in [0, 0.05) is 0 Å². The summed E-state index contributed by atoms with van der Waals surface area (Å²) in [7, 11) is 0. The summed E-state index contributed by atoms with van der Waals surface area (Å²) in [5.74, 6) is 0. The second-order valence-corrected chi connectivity index (χ2v) is 3.91. The standard InChI is InChI=1S/C6H10.C2H3.2O.Ti/c1-2-4-6-5-3-1;1-2;;;/h1-2H,3-6H2;1H,2H2;;;. The fourth-order valence-corrected chi connectivity index (χ4v) is 0.760. The van der Waals surface area contributed by atoms with E-state index in [1.807, 2.05) is 0 Å². The average Bonchev–Trinajstić information content (AvgIpc) is 2.09. The molecule has 0 aromatic rings. The zero-order chi connectivity index (χ0) is 8.53. The topological polar surface area (TPSA) is 34.1 Å². The fraction of sp³-hybridized carbons (Fsp3) is 0.500. The van der Waals surface area contributed by atoms with Crippen LogP contribution in [-0.4, -0.2) is 0 Å². The van der Waals surface area contributed by atoms with Crippen molar-refractivity contribution < 1.29 is 24.5 Å². The molecular weight excluding hydrogens is 176 g/mol. The molecule has 0 amide bonds. The van der Waals surface area contributed by atoms with Crippen molar-refractivity contribution in [3.63, 3.8) is 0 Å². The number of hydrogen-bond donors (Lipinski definition) is 0. The van der Waals surface area contributed by atoms with E-state index in [0.29, 0.717) is 0 Å². The molecule has 0 radical (unpaired) electrons. The van der Waals surface area contributed by atoms with Crippen LogP contribution in [0.4, 0.5) is 0 Å². The van der Waals surface area contributed by atoms with Gasteiger partial charge in [0.2, 0.25) is 0 Å². The van der Waals surface area contributed by atoms with Gasteiger partial charge in [0.25, 0.3) is 0 Å². The molecule has 11 heavy (non-hydrogen) atoms. The molecule has 0 bridgehead atoms. The normalized spacial score (nSPS) is 14.5. The van der Waals surface area contributed by atoms with E-state index in [1.165, 1.54) is 25.7 Å². The first-order chi connectivity index (χ1) is 5.27. The molecule has 61 valence electrons. The van der Waals surface area contributed by atoms with Gasteiger partial charge >= 0.3 is 35.4 Å². The van der Waals surface area contributed by atoms with Gasteiger partial charge in [0.05, 0.1) is 0 Å². The Morgan fingerprint density at radius 2 is 1.55 bits per heavy atom. The summed E-state index contributed by atoms with van der Waals surface area (Å²) < 4.78 is 19.8. The van der Waals surface area contributed by atoms with Gasteiger partial charge in [-0.2, -0.15) is 0 Å². The van der Waals surface area contributed by atoms with Crippen molar-refractivity contribution in [3.8, 4) is 0 Å². The van der Waals surface area contributed by atoms with E-state index >= 15 is 0 Å². The molecule has 1 aliphatic carbocycles. The van der Waals surface area contributed by atoms with E-state index in [0.717, 1.165) is 4.38 Å². The van der Waals surface area contributed by atoms with E-state index in [-0.39, 0.29) is 0 Å². The SMILES string of the molecule is C1=CCCCC1.C=[CH][Ti](=[O])=[O]. The molecule has 0 atom stereocenters. The van der Waals surface area contributed by atoms with Crippen LogP contribution in [0.2, 0.25) is 0 Å². The second-order valence-electron chi connectivity index (χ2n) is 2.28. The van der Waals surface area contributed by atoms with Gasteiger partial charge in [0.15, 0.2) is 0 Å². The van der Waals surface area contributed by atoms with Crippen LogP contribution in [-0.2, 0) is 24.5 Å². The summed E-state index contributed by atoms with van der Waals surface area (Å²) in [5, 5.41) is 0. The van der Waals surface area contributed by atoms with E-state index in [9.17, 15) is 6.65 Å². The number of hydrogen-bond acceptors (Lipinski definition) is 2. The molecule has 0 aromatic heterocycles. The van der Waals surface area contributed by atoms with Crippen LogP contribution in [0.1, 0.15) is 25.7 Å². The summed E-state index contributed by atoms with van der Waals surface area (Å²) in [4.78, 5) is 0. The third-order valence-electron chi connectivity index (χ3n) is 1.32. The zero-order valence-electron chi connectivity index (χ0n) is 6.58. The molecular formula is C8H13O2Ti. The maximum atomic E-state index is 9.39. The van der Waals surface area contributed by atoms with E-state index in [2.05, 4.69) is 18.7 Å². The summed E-state index contributed by atoms with van der Waals surface area (Å²) in [5.41, 5.74) is 0. The summed E-state index contributed by atoms with van der Waals surface area (Å²) >= 11 is -3.09. The second kappa shape index (κ2) is 7.90. The Bertz CT molecular complexity index is 176. The Balaban J connectivity index is 0.000000187. The summed E-state index contributed by atoms with van der Waals surface area (Å²) in [6.45, 7) is 3.01. The quantitative estimate of drug-likeness (QED) is 0.469. The Hall–Kier alpha value is -0.206. The van der Waals surface area contributed by atoms with Gasteiger partial charge in [-0.15, -0.1) is 0 Å². The van der Waals surface area contributed by atoms with E-state index in [4.69, 9.17) is 0 Å². The Morgan fingerprint density at radius 3 is 1.64 bits per heavy atom. The first kappa shape index (κ1) is 10.8. The van der Waals surface area contributed by atoms with Crippen molar-refractivity contribution in [2.24, 2.45) is 0 Å². The monoisotopic (exact) mass is 189 g/mol. The summed E-state index contributed by atoms with van der Waals surface area (Å²) in [6.07, 6.45) is 10.0. The van der Waals surface area contributed by atoms with Crippen LogP contribution in [0.5, 0.6) is 0 Å². The molecule has 0 spiro atoms. The van der Waals surface area contributed by atoms with Crippen molar-refractivity contribution in [1.82, 2.24) is 0 Å². The van der Waals surface area contributed by atoms with Gasteiger partial charge in [0.1, 0.15) is 0 Å². The molecule has 0 heterocycles. The molecule has 0 unspecified atom stereocenters. The Morgan fingerprint density at radius 1 is 1.18 bits per heavy atom. The minimum atomic E-state index is -3.09. The maximum absolute atomic E-state index is 9.39. The molecule has 2 nitrogen and oxygen atoms in total. The van der Waals surface area contributed by atoms with Crippen LogP contribution in [0.15, 0.2) is 23.1 Å². The molecule has 0 saturated heterocycles. The molecule has 1 rings (SSSR count). The first-order valence-electron chi connectivity index (χ1n) is 3.76. The zero-order valence-corrected chi connectivity index (χ0v) is 8.15. The van der Waals surface area contributed by atoms with Crippen molar-refractivity contribution in [1.29, 1.82) is 0 Å². The number of rotatable bonds is 1.